The number of hydrazone groups is 1. The Labute approximate surface area is 183 Å². The quantitative estimate of drug-likeness (QED) is 0.534. The monoisotopic (exact) mass is 425 g/mol. The minimum absolute atomic E-state index is 0.453. The van der Waals surface area contributed by atoms with Crippen LogP contribution in [0.1, 0.15) is 44.1 Å². The van der Waals surface area contributed by atoms with Gasteiger partial charge in [-0.3, -0.25) is 0 Å². The minimum atomic E-state index is 0.453. The second-order valence-electron chi connectivity index (χ2n) is 7.81. The number of para-hydroxylation sites is 1. The lowest BCUT2D eigenvalue weighted by molar-refractivity contribution is 0.354. The lowest BCUT2D eigenvalue weighted by Gasteiger charge is -2.30. The number of piperidine rings is 2. The molecule has 2 aromatic rings. The summed E-state index contributed by atoms with van der Waals surface area (Å²) < 4.78 is 10.8. The van der Waals surface area contributed by atoms with E-state index < -0.39 is 0 Å². The molecule has 0 aliphatic carbocycles. The van der Waals surface area contributed by atoms with Crippen LogP contribution in [0.2, 0.25) is 0 Å². The zero-order valence-corrected chi connectivity index (χ0v) is 18.4. The first-order valence-corrected chi connectivity index (χ1v) is 11.0. The van der Waals surface area contributed by atoms with Crippen LogP contribution in [0.25, 0.3) is 0 Å². The molecule has 2 fully saturated rings. The molecule has 166 valence electrons. The smallest absolute Gasteiger partial charge is 0.250 e. The zero-order valence-electron chi connectivity index (χ0n) is 18.4. The van der Waals surface area contributed by atoms with Crippen molar-refractivity contribution >= 4 is 24.1 Å². The Morgan fingerprint density at radius 2 is 1.45 bits per heavy atom. The second kappa shape index (κ2) is 10.3. The lowest BCUT2D eigenvalue weighted by atomic mass is 10.1. The van der Waals surface area contributed by atoms with Crippen molar-refractivity contribution in [2.45, 2.75) is 38.5 Å². The molecule has 9 heteroatoms. The number of anilines is 3. The highest BCUT2D eigenvalue weighted by Crippen LogP contribution is 2.29. The van der Waals surface area contributed by atoms with Crippen LogP contribution in [-0.2, 0) is 0 Å². The highest BCUT2D eigenvalue weighted by molar-refractivity contribution is 5.85. The average molecular weight is 426 g/mol. The second-order valence-corrected chi connectivity index (χ2v) is 7.81. The van der Waals surface area contributed by atoms with Gasteiger partial charge in [-0.2, -0.15) is 20.1 Å². The van der Waals surface area contributed by atoms with E-state index in [9.17, 15) is 0 Å². The molecule has 1 aromatic carbocycles. The first-order chi connectivity index (χ1) is 15.3. The van der Waals surface area contributed by atoms with Gasteiger partial charge in [0.2, 0.25) is 17.8 Å². The number of hydrogen-bond donors (Lipinski definition) is 1. The first-order valence-electron chi connectivity index (χ1n) is 11.0. The first kappa shape index (κ1) is 21.1. The van der Waals surface area contributed by atoms with E-state index in [0.29, 0.717) is 17.4 Å². The number of ether oxygens (including phenoxy) is 2. The average Bonchev–Trinajstić information content (AvgIpc) is 2.84. The Morgan fingerprint density at radius 3 is 2.00 bits per heavy atom. The van der Waals surface area contributed by atoms with Crippen molar-refractivity contribution in [1.29, 1.82) is 0 Å². The van der Waals surface area contributed by atoms with Crippen LogP contribution in [0.15, 0.2) is 23.3 Å². The summed E-state index contributed by atoms with van der Waals surface area (Å²) in [5.74, 6) is 3.20. The highest BCUT2D eigenvalue weighted by atomic mass is 16.5. The van der Waals surface area contributed by atoms with E-state index in [4.69, 9.17) is 14.5 Å². The van der Waals surface area contributed by atoms with Gasteiger partial charge in [-0.05, 0) is 50.7 Å². The summed E-state index contributed by atoms with van der Waals surface area (Å²) >= 11 is 0. The zero-order chi connectivity index (χ0) is 21.5. The van der Waals surface area contributed by atoms with Crippen LogP contribution in [0.5, 0.6) is 11.5 Å². The molecule has 0 amide bonds. The molecule has 0 atom stereocenters. The van der Waals surface area contributed by atoms with Gasteiger partial charge >= 0.3 is 0 Å². The number of benzene rings is 1. The largest absolute Gasteiger partial charge is 0.493 e. The van der Waals surface area contributed by atoms with Crippen LogP contribution in [0.3, 0.4) is 0 Å². The van der Waals surface area contributed by atoms with Crippen LogP contribution in [-0.4, -0.2) is 61.6 Å². The Hall–Kier alpha value is -3.10. The van der Waals surface area contributed by atoms with Crippen LogP contribution in [0, 0.1) is 0 Å². The molecule has 0 bridgehead atoms. The van der Waals surface area contributed by atoms with Crippen molar-refractivity contribution in [2.24, 2.45) is 5.10 Å². The third-order valence-corrected chi connectivity index (χ3v) is 5.69. The molecule has 0 radical (unpaired) electrons. The molecule has 0 spiro atoms. The fraction of sp³-hybridized carbons (Fsp3) is 0.545. The summed E-state index contributed by atoms with van der Waals surface area (Å²) in [6.07, 6.45) is 8.88. The van der Waals surface area contributed by atoms with Gasteiger partial charge in [-0.1, -0.05) is 6.07 Å². The summed E-state index contributed by atoms with van der Waals surface area (Å²) in [6.45, 7) is 3.92. The maximum Gasteiger partial charge on any atom is 0.250 e. The summed E-state index contributed by atoms with van der Waals surface area (Å²) in [5, 5.41) is 4.37. The predicted octanol–water partition coefficient (Wildman–Crippen LogP) is 3.32. The van der Waals surface area contributed by atoms with Crippen LogP contribution < -0.4 is 24.7 Å². The molecule has 0 saturated carbocycles. The van der Waals surface area contributed by atoms with E-state index in [1.807, 2.05) is 18.2 Å². The SMILES string of the molecule is COc1cccc(C=NNc2nc(N3CCCCC3)nc(N3CCCCC3)n2)c1OC. The van der Waals surface area contributed by atoms with Crippen molar-refractivity contribution in [3.63, 3.8) is 0 Å². The van der Waals surface area contributed by atoms with Gasteiger partial charge in [0.05, 0.1) is 20.4 Å². The maximum absolute atomic E-state index is 5.47. The maximum atomic E-state index is 5.47. The molecule has 0 unspecified atom stereocenters. The van der Waals surface area contributed by atoms with Gasteiger partial charge in [-0.25, -0.2) is 5.43 Å². The van der Waals surface area contributed by atoms with E-state index in [1.165, 1.54) is 38.5 Å². The summed E-state index contributed by atoms with van der Waals surface area (Å²) in [7, 11) is 3.23. The fourth-order valence-corrected chi connectivity index (χ4v) is 4.05. The van der Waals surface area contributed by atoms with E-state index in [0.717, 1.165) is 43.6 Å². The fourth-order valence-electron chi connectivity index (χ4n) is 4.05. The van der Waals surface area contributed by atoms with Crippen molar-refractivity contribution in [1.82, 2.24) is 15.0 Å². The number of aromatic nitrogens is 3. The molecule has 1 aromatic heterocycles. The third-order valence-electron chi connectivity index (χ3n) is 5.69. The van der Waals surface area contributed by atoms with E-state index in [-0.39, 0.29) is 0 Å². The molecule has 31 heavy (non-hydrogen) atoms. The van der Waals surface area contributed by atoms with Gasteiger partial charge in [0.25, 0.3) is 0 Å². The van der Waals surface area contributed by atoms with Gasteiger partial charge in [0, 0.05) is 31.7 Å². The van der Waals surface area contributed by atoms with Gasteiger partial charge in [0.15, 0.2) is 11.5 Å². The van der Waals surface area contributed by atoms with Crippen LogP contribution >= 0.6 is 0 Å². The molecule has 1 N–H and O–H groups in total. The Balaban J connectivity index is 1.57. The van der Waals surface area contributed by atoms with Crippen molar-refractivity contribution in [3.05, 3.63) is 23.8 Å². The van der Waals surface area contributed by atoms with Crippen molar-refractivity contribution in [2.75, 3.05) is 55.6 Å². The summed E-state index contributed by atoms with van der Waals surface area (Å²) in [5.41, 5.74) is 3.80. The summed E-state index contributed by atoms with van der Waals surface area (Å²) in [4.78, 5) is 18.6. The van der Waals surface area contributed by atoms with Gasteiger partial charge in [-0.15, -0.1) is 0 Å². The number of methoxy groups -OCH3 is 2. The number of nitrogens with one attached hydrogen (secondary N) is 1. The molecule has 3 heterocycles. The van der Waals surface area contributed by atoms with Gasteiger partial charge in [0.1, 0.15) is 0 Å². The molecule has 2 aliphatic rings. The standard InChI is InChI=1S/C22H31N7O2/c1-30-18-11-9-10-17(19(18)31-2)16-23-27-20-24-21(28-12-5-3-6-13-28)26-22(25-20)29-14-7-4-8-15-29/h9-11,16H,3-8,12-15H2,1-2H3,(H,24,25,26,27). The minimum Gasteiger partial charge on any atom is -0.493 e. The molecular weight excluding hydrogens is 394 g/mol. The van der Waals surface area contributed by atoms with E-state index in [1.54, 1.807) is 20.4 Å². The van der Waals surface area contributed by atoms with Crippen molar-refractivity contribution < 1.29 is 9.47 Å². The van der Waals surface area contributed by atoms with Gasteiger partial charge < -0.3 is 19.3 Å². The lowest BCUT2D eigenvalue weighted by Crippen LogP contribution is -2.34. The molecule has 4 rings (SSSR count). The highest BCUT2D eigenvalue weighted by Gasteiger charge is 2.20. The number of rotatable bonds is 7. The van der Waals surface area contributed by atoms with Crippen LogP contribution in [0.4, 0.5) is 17.8 Å². The Morgan fingerprint density at radius 1 is 0.839 bits per heavy atom. The molecule has 2 saturated heterocycles. The summed E-state index contributed by atoms with van der Waals surface area (Å²) in [6, 6.07) is 5.66. The number of hydrogen-bond acceptors (Lipinski definition) is 9. The predicted molar refractivity (Wildman–Crippen MR) is 123 cm³/mol. The Kier molecular flexibility index (Phi) is 7.01. The topological polar surface area (TPSA) is 88.0 Å². The van der Waals surface area contributed by atoms with E-state index in [2.05, 4.69) is 30.3 Å². The van der Waals surface area contributed by atoms with E-state index >= 15 is 0 Å². The molecule has 9 nitrogen and oxygen atoms in total. The molecule has 2 aliphatic heterocycles. The van der Waals surface area contributed by atoms with Crippen molar-refractivity contribution in [3.8, 4) is 11.5 Å². The third kappa shape index (κ3) is 5.15. The normalized spacial score (nSPS) is 17.1. The Bertz CT molecular complexity index is 857. The number of nitrogens with zero attached hydrogens (tertiary/aromatic N) is 6. The molecular formula is C22H31N7O2.